The van der Waals surface area contributed by atoms with Crippen molar-refractivity contribution in [2.24, 2.45) is 0 Å². The molecule has 10 heteroatoms. The monoisotopic (exact) mass is 528 g/mol. The Balaban J connectivity index is 1.39. The first-order chi connectivity index (χ1) is 17.8. The predicted octanol–water partition coefficient (Wildman–Crippen LogP) is 2.73. The molecule has 0 N–H and O–H groups in total. The first kappa shape index (κ1) is 25.6. The molecule has 2 aromatic rings. The number of piperazine rings is 1. The second-order valence-electron chi connectivity index (χ2n) is 9.89. The molecule has 3 fully saturated rings. The minimum absolute atomic E-state index is 0.0640. The fourth-order valence-corrected chi connectivity index (χ4v) is 5.61. The molecule has 3 saturated heterocycles. The van der Waals surface area contributed by atoms with Crippen LogP contribution in [0.4, 0.5) is 4.39 Å². The Morgan fingerprint density at radius 1 is 0.892 bits per heavy atom. The van der Waals surface area contributed by atoms with E-state index in [2.05, 4.69) is 4.90 Å². The molecule has 3 aliphatic rings. The van der Waals surface area contributed by atoms with Gasteiger partial charge in [0.25, 0.3) is 11.8 Å². The van der Waals surface area contributed by atoms with Crippen LogP contribution in [0.2, 0.25) is 5.02 Å². The summed E-state index contributed by atoms with van der Waals surface area (Å²) >= 11 is 6.07. The van der Waals surface area contributed by atoms with Crippen LogP contribution in [0, 0.1) is 5.82 Å². The average Bonchev–Trinajstić information content (AvgIpc) is 3.26. The van der Waals surface area contributed by atoms with E-state index in [4.69, 9.17) is 16.3 Å². The molecule has 0 radical (unpaired) electrons. The maximum atomic E-state index is 14.0. The van der Waals surface area contributed by atoms with Crippen LogP contribution in [-0.4, -0.2) is 102 Å². The third-order valence-electron chi connectivity index (χ3n) is 7.55. The number of piperidine rings is 1. The van der Waals surface area contributed by atoms with Crippen LogP contribution in [-0.2, 0) is 9.53 Å². The van der Waals surface area contributed by atoms with Gasteiger partial charge in [-0.1, -0.05) is 23.7 Å². The summed E-state index contributed by atoms with van der Waals surface area (Å²) < 4.78 is 20.3. The van der Waals surface area contributed by atoms with Gasteiger partial charge in [0.15, 0.2) is 0 Å². The van der Waals surface area contributed by atoms with Crippen molar-refractivity contribution in [1.29, 1.82) is 0 Å². The number of likely N-dealkylation sites (tertiary alicyclic amines) is 1. The maximum absolute atomic E-state index is 14.0. The van der Waals surface area contributed by atoms with Crippen molar-refractivity contribution in [3.63, 3.8) is 0 Å². The van der Waals surface area contributed by atoms with E-state index in [1.807, 2.05) is 7.05 Å². The maximum Gasteiger partial charge on any atom is 0.256 e. The smallest absolute Gasteiger partial charge is 0.256 e. The van der Waals surface area contributed by atoms with Crippen LogP contribution in [0.1, 0.15) is 33.6 Å². The zero-order chi connectivity index (χ0) is 26.2. The van der Waals surface area contributed by atoms with Crippen LogP contribution in [0.3, 0.4) is 0 Å². The summed E-state index contributed by atoms with van der Waals surface area (Å²) in [7, 11) is 2.01. The molecule has 8 nitrogen and oxygen atoms in total. The summed E-state index contributed by atoms with van der Waals surface area (Å²) in [5.74, 6) is -1.28. The highest BCUT2D eigenvalue weighted by atomic mass is 35.5. The number of rotatable bonds is 3. The largest absolute Gasteiger partial charge is 0.353 e. The first-order valence-corrected chi connectivity index (χ1v) is 12.9. The molecular formula is C27H30ClFN4O4. The molecule has 3 amide bonds. The summed E-state index contributed by atoms with van der Waals surface area (Å²) in [5, 5.41) is 0.482. The molecule has 1 spiro atoms. The van der Waals surface area contributed by atoms with Crippen molar-refractivity contribution in [3.8, 4) is 0 Å². The third-order valence-corrected chi connectivity index (χ3v) is 7.79. The van der Waals surface area contributed by atoms with Gasteiger partial charge in [0, 0.05) is 68.3 Å². The van der Waals surface area contributed by atoms with Crippen molar-refractivity contribution in [3.05, 3.63) is 70.5 Å². The summed E-state index contributed by atoms with van der Waals surface area (Å²) in [5.41, 5.74) is -0.397. The number of halogens is 2. The number of ether oxygens (including phenoxy) is 1. The van der Waals surface area contributed by atoms with Crippen LogP contribution < -0.4 is 0 Å². The molecule has 3 heterocycles. The van der Waals surface area contributed by atoms with Crippen molar-refractivity contribution < 1.29 is 23.5 Å². The molecule has 0 saturated carbocycles. The van der Waals surface area contributed by atoms with E-state index in [0.29, 0.717) is 49.6 Å². The summed E-state index contributed by atoms with van der Waals surface area (Å²) in [6.45, 7) is 3.40. The van der Waals surface area contributed by atoms with Crippen molar-refractivity contribution in [2.45, 2.75) is 24.6 Å². The van der Waals surface area contributed by atoms with E-state index >= 15 is 0 Å². The average molecular weight is 529 g/mol. The lowest BCUT2D eigenvalue weighted by atomic mass is 9.96. The molecule has 0 aromatic heterocycles. The van der Waals surface area contributed by atoms with Gasteiger partial charge in [-0.2, -0.15) is 0 Å². The van der Waals surface area contributed by atoms with Gasteiger partial charge in [0.1, 0.15) is 17.6 Å². The third kappa shape index (κ3) is 5.08. The van der Waals surface area contributed by atoms with Crippen LogP contribution >= 0.6 is 11.6 Å². The Kier molecular flexibility index (Phi) is 7.20. The Morgan fingerprint density at radius 2 is 1.54 bits per heavy atom. The molecule has 3 aliphatic heterocycles. The van der Waals surface area contributed by atoms with E-state index in [0.717, 1.165) is 13.1 Å². The van der Waals surface area contributed by atoms with Crippen LogP contribution in [0.5, 0.6) is 0 Å². The second kappa shape index (κ2) is 10.4. The summed E-state index contributed by atoms with van der Waals surface area (Å²) in [6, 6.07) is 11.5. The van der Waals surface area contributed by atoms with Gasteiger partial charge >= 0.3 is 0 Å². The Bertz CT molecular complexity index is 1190. The zero-order valence-electron chi connectivity index (χ0n) is 20.7. The first-order valence-electron chi connectivity index (χ1n) is 12.5. The van der Waals surface area contributed by atoms with Crippen LogP contribution in [0.15, 0.2) is 48.5 Å². The fraction of sp³-hybridized carbons (Fsp3) is 0.444. The number of benzene rings is 2. The topological polar surface area (TPSA) is 73.4 Å². The molecule has 5 rings (SSSR count). The van der Waals surface area contributed by atoms with Gasteiger partial charge in [-0.3, -0.25) is 19.3 Å². The van der Waals surface area contributed by atoms with Crippen molar-refractivity contribution in [1.82, 2.24) is 19.6 Å². The normalized spacial score (nSPS) is 21.9. The number of nitrogens with zero attached hydrogens (tertiary/aromatic N) is 4. The van der Waals surface area contributed by atoms with Gasteiger partial charge < -0.3 is 19.4 Å². The molecule has 1 atom stereocenters. The molecule has 0 aliphatic carbocycles. The van der Waals surface area contributed by atoms with Gasteiger partial charge in [-0.15, -0.1) is 0 Å². The molecule has 196 valence electrons. The SMILES string of the molecule is CN1CCN(C(=O)[C@H]2COC3(CCN(C(=O)c4cccc(Cl)c4)CC3)N2C(=O)c2cccc(F)c2)CC1. The molecule has 0 unspecified atom stereocenters. The zero-order valence-corrected chi connectivity index (χ0v) is 21.5. The van der Waals surface area contributed by atoms with E-state index in [9.17, 15) is 18.8 Å². The summed E-state index contributed by atoms with van der Waals surface area (Å²) in [4.78, 5) is 47.6. The molecular weight excluding hydrogens is 499 g/mol. The summed E-state index contributed by atoms with van der Waals surface area (Å²) in [6.07, 6.45) is 0.680. The lowest BCUT2D eigenvalue weighted by molar-refractivity contribution is -0.139. The second-order valence-corrected chi connectivity index (χ2v) is 10.3. The molecule has 37 heavy (non-hydrogen) atoms. The number of carbonyl (C=O) groups is 3. The van der Waals surface area contributed by atoms with E-state index < -0.39 is 23.5 Å². The van der Waals surface area contributed by atoms with Gasteiger partial charge in [0.05, 0.1) is 6.61 Å². The molecule has 2 aromatic carbocycles. The number of carbonyl (C=O) groups excluding carboxylic acids is 3. The minimum atomic E-state index is -1.05. The van der Waals surface area contributed by atoms with Crippen LogP contribution in [0.25, 0.3) is 0 Å². The van der Waals surface area contributed by atoms with Gasteiger partial charge in [-0.05, 0) is 43.4 Å². The molecule has 0 bridgehead atoms. The fourth-order valence-electron chi connectivity index (χ4n) is 5.42. The predicted molar refractivity (Wildman–Crippen MR) is 136 cm³/mol. The highest BCUT2D eigenvalue weighted by molar-refractivity contribution is 6.30. The highest BCUT2D eigenvalue weighted by Gasteiger charge is 2.55. The number of likely N-dealkylation sites (N-methyl/N-ethyl adjacent to an activating group) is 1. The van der Waals surface area contributed by atoms with Crippen molar-refractivity contribution >= 4 is 29.3 Å². The minimum Gasteiger partial charge on any atom is -0.353 e. The van der Waals surface area contributed by atoms with Gasteiger partial charge in [-0.25, -0.2) is 4.39 Å². The van der Waals surface area contributed by atoms with E-state index in [1.54, 1.807) is 40.1 Å². The van der Waals surface area contributed by atoms with Gasteiger partial charge in [0.2, 0.25) is 5.91 Å². The Hall–Kier alpha value is -3.01. The lowest BCUT2D eigenvalue weighted by Gasteiger charge is -2.45. The standard InChI is InChI=1S/C27H30ClFN4O4/c1-30-12-14-32(15-13-30)26(36)23-18-37-27(33(23)25(35)20-5-3-7-22(29)17-20)8-10-31(11-9-27)24(34)19-4-2-6-21(28)16-19/h2-7,16-17,23H,8-15,18H2,1H3/t23-/m1/s1. The van der Waals surface area contributed by atoms with E-state index in [1.165, 1.54) is 23.1 Å². The Morgan fingerprint density at radius 3 is 2.19 bits per heavy atom. The lowest BCUT2D eigenvalue weighted by Crippen LogP contribution is -2.61. The number of amides is 3. The Labute approximate surface area is 220 Å². The highest BCUT2D eigenvalue weighted by Crippen LogP contribution is 2.39. The number of hydrogen-bond acceptors (Lipinski definition) is 5. The van der Waals surface area contributed by atoms with E-state index in [-0.39, 0.29) is 24.0 Å². The number of hydrogen-bond donors (Lipinski definition) is 0. The quantitative estimate of drug-likeness (QED) is 0.612. The van der Waals surface area contributed by atoms with Crippen molar-refractivity contribution in [2.75, 3.05) is 52.9 Å².